The van der Waals surface area contributed by atoms with Crippen LogP contribution in [0.2, 0.25) is 0 Å². The maximum Gasteiger partial charge on any atom is 0.123 e. The van der Waals surface area contributed by atoms with Gasteiger partial charge in [-0.15, -0.1) is 11.3 Å². The first kappa shape index (κ1) is 21.8. The number of thiophene rings is 1. The highest BCUT2D eigenvalue weighted by Gasteiger charge is 2.12. The third-order valence-electron chi connectivity index (χ3n) is 6.88. The van der Waals surface area contributed by atoms with Crippen molar-refractivity contribution < 1.29 is 4.39 Å². The lowest BCUT2D eigenvalue weighted by molar-refractivity contribution is 0.628. The van der Waals surface area contributed by atoms with Gasteiger partial charge in [-0.1, -0.05) is 78.9 Å². The summed E-state index contributed by atoms with van der Waals surface area (Å²) in [6.45, 7) is 0. The zero-order valence-corrected chi connectivity index (χ0v) is 20.7. The summed E-state index contributed by atoms with van der Waals surface area (Å²) in [6.07, 6.45) is 0. The Kier molecular flexibility index (Phi) is 5.23. The summed E-state index contributed by atoms with van der Waals surface area (Å²) >= 11 is 1.83. The molecule has 1 nitrogen and oxygen atoms in total. The number of halogens is 1. The average molecular weight is 496 g/mol. The van der Waals surface area contributed by atoms with Gasteiger partial charge < -0.3 is 5.32 Å². The monoisotopic (exact) mass is 495 g/mol. The highest BCUT2D eigenvalue weighted by molar-refractivity contribution is 7.25. The maximum absolute atomic E-state index is 14.1. The predicted octanol–water partition coefficient (Wildman–Crippen LogP) is 10.4. The number of anilines is 2. The predicted molar refractivity (Wildman–Crippen MR) is 157 cm³/mol. The van der Waals surface area contributed by atoms with E-state index in [-0.39, 0.29) is 5.82 Å². The molecule has 0 spiro atoms. The van der Waals surface area contributed by atoms with Crippen molar-refractivity contribution in [3.05, 3.63) is 133 Å². The fraction of sp³-hybridized carbons (Fsp3) is 0. The molecule has 0 aliphatic heterocycles. The fourth-order valence-corrected chi connectivity index (χ4v) is 6.30. The molecule has 7 aromatic rings. The summed E-state index contributed by atoms with van der Waals surface area (Å²) in [5.41, 5.74) is 6.23. The molecule has 1 N–H and O–H groups in total. The van der Waals surface area contributed by atoms with Crippen LogP contribution in [-0.2, 0) is 0 Å². The zero-order valence-electron chi connectivity index (χ0n) is 19.9. The molecular formula is C34H22FNS. The molecule has 1 heterocycles. The fourth-order valence-electron chi connectivity index (χ4n) is 5.21. The normalized spacial score (nSPS) is 11.4. The maximum atomic E-state index is 14.1. The first-order valence-electron chi connectivity index (χ1n) is 12.3. The van der Waals surface area contributed by atoms with Crippen LogP contribution in [0, 0.1) is 5.82 Å². The largest absolute Gasteiger partial charge is 0.355 e. The quantitative estimate of drug-likeness (QED) is 0.256. The van der Waals surface area contributed by atoms with Crippen LogP contribution in [-0.4, -0.2) is 0 Å². The Balaban J connectivity index is 1.31. The van der Waals surface area contributed by atoms with Gasteiger partial charge in [0.05, 0.1) is 0 Å². The lowest BCUT2D eigenvalue weighted by atomic mass is 9.91. The van der Waals surface area contributed by atoms with E-state index in [2.05, 4.69) is 102 Å². The van der Waals surface area contributed by atoms with Gasteiger partial charge in [-0.3, -0.25) is 0 Å². The molecular weight excluding hydrogens is 473 g/mol. The van der Waals surface area contributed by atoms with Crippen molar-refractivity contribution in [2.75, 3.05) is 5.32 Å². The third kappa shape index (κ3) is 3.94. The lowest BCUT2D eigenvalue weighted by Gasteiger charge is -2.14. The molecule has 0 saturated heterocycles. The number of nitrogens with one attached hydrogen (secondary N) is 1. The van der Waals surface area contributed by atoms with Gasteiger partial charge in [0.25, 0.3) is 0 Å². The molecule has 37 heavy (non-hydrogen) atoms. The van der Waals surface area contributed by atoms with Crippen molar-refractivity contribution in [2.24, 2.45) is 0 Å². The first-order chi connectivity index (χ1) is 18.2. The Hall–Kier alpha value is -4.47. The standard InChI is InChI=1S/C34H22FNS/c35-25-11-3-9-23(19-25)28-14-5-7-22-8-6-15-29(34(22)28)24-10-4-12-26(20-24)36-27-17-18-33-31(21-27)30-13-1-2-16-32(30)37-33/h1-21,36H. The molecule has 7 rings (SSSR count). The Labute approximate surface area is 218 Å². The lowest BCUT2D eigenvalue weighted by Crippen LogP contribution is -1.91. The summed E-state index contributed by atoms with van der Waals surface area (Å²) in [5.74, 6) is -0.228. The van der Waals surface area contributed by atoms with Gasteiger partial charge in [0.15, 0.2) is 0 Å². The van der Waals surface area contributed by atoms with Gasteiger partial charge in [-0.05, 0) is 81.6 Å². The van der Waals surface area contributed by atoms with Crippen LogP contribution < -0.4 is 5.32 Å². The molecule has 0 radical (unpaired) electrons. The highest BCUT2D eigenvalue weighted by Crippen LogP contribution is 2.39. The molecule has 0 bridgehead atoms. The van der Waals surface area contributed by atoms with Gasteiger partial charge in [0, 0.05) is 31.5 Å². The number of rotatable bonds is 4. The van der Waals surface area contributed by atoms with E-state index in [1.165, 1.54) is 26.2 Å². The number of fused-ring (bicyclic) bond motifs is 4. The summed E-state index contributed by atoms with van der Waals surface area (Å²) in [4.78, 5) is 0. The van der Waals surface area contributed by atoms with Crippen molar-refractivity contribution >= 4 is 53.7 Å². The molecule has 6 aromatic carbocycles. The zero-order chi connectivity index (χ0) is 24.8. The van der Waals surface area contributed by atoms with E-state index in [4.69, 9.17) is 0 Å². The third-order valence-corrected chi connectivity index (χ3v) is 8.03. The van der Waals surface area contributed by atoms with Gasteiger partial charge in [0.1, 0.15) is 5.82 Å². The Morgan fingerprint density at radius 3 is 2.00 bits per heavy atom. The molecule has 176 valence electrons. The van der Waals surface area contributed by atoms with Crippen molar-refractivity contribution in [2.45, 2.75) is 0 Å². The average Bonchev–Trinajstić information content (AvgIpc) is 3.30. The summed E-state index contributed by atoms with van der Waals surface area (Å²) in [7, 11) is 0. The second kappa shape index (κ2) is 8.88. The van der Waals surface area contributed by atoms with E-state index in [1.807, 2.05) is 23.5 Å². The van der Waals surface area contributed by atoms with Crippen LogP contribution in [0.5, 0.6) is 0 Å². The highest BCUT2D eigenvalue weighted by atomic mass is 32.1. The number of benzene rings is 6. The van der Waals surface area contributed by atoms with Crippen LogP contribution in [0.3, 0.4) is 0 Å². The molecule has 0 fully saturated rings. The SMILES string of the molecule is Fc1cccc(-c2cccc3cccc(-c4cccc(Nc5ccc6sc7ccccc7c6c5)c4)c23)c1. The number of hydrogen-bond donors (Lipinski definition) is 1. The van der Waals surface area contributed by atoms with Crippen molar-refractivity contribution in [3.63, 3.8) is 0 Å². The van der Waals surface area contributed by atoms with Crippen LogP contribution in [0.4, 0.5) is 15.8 Å². The van der Waals surface area contributed by atoms with E-state index in [1.54, 1.807) is 12.1 Å². The van der Waals surface area contributed by atoms with Crippen molar-refractivity contribution in [3.8, 4) is 22.3 Å². The minimum absolute atomic E-state index is 0.228. The molecule has 3 heteroatoms. The van der Waals surface area contributed by atoms with Crippen LogP contribution in [0.15, 0.2) is 127 Å². The van der Waals surface area contributed by atoms with Crippen molar-refractivity contribution in [1.29, 1.82) is 0 Å². The smallest absolute Gasteiger partial charge is 0.123 e. The summed E-state index contributed by atoms with van der Waals surface area (Å²) < 4.78 is 16.7. The number of hydrogen-bond acceptors (Lipinski definition) is 2. The molecule has 0 saturated carbocycles. The first-order valence-corrected chi connectivity index (χ1v) is 13.1. The van der Waals surface area contributed by atoms with E-state index in [0.29, 0.717) is 0 Å². The van der Waals surface area contributed by atoms with Gasteiger partial charge in [-0.25, -0.2) is 4.39 Å². The summed E-state index contributed by atoms with van der Waals surface area (Å²) in [5, 5.41) is 8.44. The Morgan fingerprint density at radius 1 is 0.514 bits per heavy atom. The topological polar surface area (TPSA) is 12.0 Å². The molecule has 1 aromatic heterocycles. The molecule has 0 amide bonds. The van der Waals surface area contributed by atoms with E-state index in [9.17, 15) is 4.39 Å². The second-order valence-electron chi connectivity index (χ2n) is 9.23. The van der Waals surface area contributed by atoms with E-state index >= 15 is 0 Å². The summed E-state index contributed by atoms with van der Waals surface area (Å²) in [6, 6.07) is 43.0. The van der Waals surface area contributed by atoms with Crippen LogP contribution in [0.25, 0.3) is 53.2 Å². The molecule has 0 aliphatic carbocycles. The van der Waals surface area contributed by atoms with E-state index < -0.39 is 0 Å². The molecule has 0 unspecified atom stereocenters. The van der Waals surface area contributed by atoms with E-state index in [0.717, 1.165) is 44.4 Å². The van der Waals surface area contributed by atoms with Gasteiger partial charge in [-0.2, -0.15) is 0 Å². The van der Waals surface area contributed by atoms with Gasteiger partial charge >= 0.3 is 0 Å². The molecule has 0 aliphatic rings. The van der Waals surface area contributed by atoms with Crippen LogP contribution in [0.1, 0.15) is 0 Å². The Morgan fingerprint density at radius 2 is 1.19 bits per heavy atom. The minimum Gasteiger partial charge on any atom is -0.355 e. The van der Waals surface area contributed by atoms with Gasteiger partial charge in [0.2, 0.25) is 0 Å². The Bertz CT molecular complexity index is 1930. The van der Waals surface area contributed by atoms with Crippen LogP contribution >= 0.6 is 11.3 Å². The second-order valence-corrected chi connectivity index (χ2v) is 10.3. The molecule has 0 atom stereocenters. The minimum atomic E-state index is -0.228. The van der Waals surface area contributed by atoms with Crippen molar-refractivity contribution in [1.82, 2.24) is 0 Å².